The number of anilines is 2. The number of alkyl halides is 3. The van der Waals surface area contributed by atoms with Crippen LogP contribution in [0, 0.1) is 17.1 Å². The Morgan fingerprint density at radius 2 is 1.76 bits per heavy atom. The highest BCUT2D eigenvalue weighted by Gasteiger charge is 2.48. The van der Waals surface area contributed by atoms with Crippen molar-refractivity contribution in [2.45, 2.75) is 57.0 Å². The monoisotopic (exact) mass is 520 g/mol. The van der Waals surface area contributed by atoms with E-state index in [1.165, 1.54) is 41.0 Å². The lowest BCUT2D eigenvalue weighted by Gasteiger charge is -2.32. The molecule has 12 heteroatoms. The molecular formula is C25H24F4N4O4. The zero-order valence-electron chi connectivity index (χ0n) is 19.8. The molecule has 4 rings (SSSR count). The van der Waals surface area contributed by atoms with Crippen LogP contribution in [0.5, 0.6) is 0 Å². The molecule has 1 aliphatic heterocycles. The second-order valence-electron chi connectivity index (χ2n) is 8.99. The van der Waals surface area contributed by atoms with E-state index in [1.54, 1.807) is 0 Å². The van der Waals surface area contributed by atoms with Crippen molar-refractivity contribution >= 4 is 23.3 Å². The van der Waals surface area contributed by atoms with E-state index in [0.29, 0.717) is 12.8 Å². The van der Waals surface area contributed by atoms with Gasteiger partial charge < -0.3 is 5.11 Å². The van der Waals surface area contributed by atoms with Crippen LogP contribution in [0.3, 0.4) is 0 Å². The van der Waals surface area contributed by atoms with Crippen LogP contribution in [-0.4, -0.2) is 41.8 Å². The molecule has 1 saturated carbocycles. The Morgan fingerprint density at radius 3 is 2.30 bits per heavy atom. The van der Waals surface area contributed by atoms with Crippen LogP contribution in [0.2, 0.25) is 0 Å². The van der Waals surface area contributed by atoms with E-state index in [4.69, 9.17) is 15.2 Å². The van der Waals surface area contributed by atoms with Crippen LogP contribution in [0.15, 0.2) is 36.4 Å². The fourth-order valence-corrected chi connectivity index (χ4v) is 4.80. The van der Waals surface area contributed by atoms with Gasteiger partial charge in [0.25, 0.3) is 5.91 Å². The molecule has 2 aromatic carbocycles. The zero-order chi connectivity index (χ0) is 26.9. The van der Waals surface area contributed by atoms with Crippen molar-refractivity contribution in [1.29, 1.82) is 5.26 Å². The number of urea groups is 1. The van der Waals surface area contributed by atoms with Crippen molar-refractivity contribution in [3.63, 3.8) is 0 Å². The summed E-state index contributed by atoms with van der Waals surface area (Å²) in [4.78, 5) is 33.4. The SMILES string of the molecule is CC(CO)ONC(=O)c1ccc(N2C(=O)N(c3ccc(C#N)c(C(F)(F)F)c3)[C@H]3CCCC[C@@H]32)cc1F. The van der Waals surface area contributed by atoms with Gasteiger partial charge in [0.1, 0.15) is 11.9 Å². The van der Waals surface area contributed by atoms with Gasteiger partial charge in [-0.2, -0.15) is 18.4 Å². The van der Waals surface area contributed by atoms with E-state index in [-0.39, 0.29) is 23.5 Å². The number of benzene rings is 2. The van der Waals surface area contributed by atoms with E-state index >= 15 is 0 Å². The molecule has 2 aliphatic rings. The predicted molar refractivity (Wildman–Crippen MR) is 124 cm³/mol. The fourth-order valence-electron chi connectivity index (χ4n) is 4.80. The Morgan fingerprint density at radius 1 is 1.16 bits per heavy atom. The first-order valence-corrected chi connectivity index (χ1v) is 11.7. The summed E-state index contributed by atoms with van der Waals surface area (Å²) in [7, 11) is 0. The van der Waals surface area contributed by atoms with Gasteiger partial charge in [-0.3, -0.25) is 19.4 Å². The van der Waals surface area contributed by atoms with Gasteiger partial charge in [0.05, 0.1) is 41.5 Å². The third-order valence-corrected chi connectivity index (χ3v) is 6.56. The van der Waals surface area contributed by atoms with E-state index in [0.717, 1.165) is 31.0 Å². The van der Waals surface area contributed by atoms with Crippen molar-refractivity contribution in [1.82, 2.24) is 5.48 Å². The summed E-state index contributed by atoms with van der Waals surface area (Å²) in [5, 5.41) is 18.1. The Kier molecular flexibility index (Phi) is 7.38. The maximum absolute atomic E-state index is 14.9. The molecule has 0 aromatic heterocycles. The van der Waals surface area contributed by atoms with Gasteiger partial charge in [-0.05, 0) is 56.2 Å². The Balaban J connectivity index is 1.67. The smallest absolute Gasteiger partial charge is 0.394 e. The number of aliphatic hydroxyl groups is 1. The molecule has 3 amide bonds. The lowest BCUT2D eigenvalue weighted by molar-refractivity contribution is -0.137. The number of carbonyl (C=O) groups excluding carboxylic acids is 2. The topological polar surface area (TPSA) is 106 Å². The second kappa shape index (κ2) is 10.4. The number of hydroxylamine groups is 1. The number of fused-ring (bicyclic) bond motifs is 1. The number of hydrogen-bond acceptors (Lipinski definition) is 5. The highest BCUT2D eigenvalue weighted by atomic mass is 19.4. The van der Waals surface area contributed by atoms with Gasteiger partial charge in [0.2, 0.25) is 0 Å². The van der Waals surface area contributed by atoms with E-state index < -0.39 is 53.2 Å². The van der Waals surface area contributed by atoms with E-state index in [2.05, 4.69) is 0 Å². The number of aliphatic hydroxyl groups excluding tert-OH is 1. The van der Waals surface area contributed by atoms with Crippen molar-refractivity contribution < 1.29 is 37.1 Å². The third-order valence-electron chi connectivity index (χ3n) is 6.56. The van der Waals surface area contributed by atoms with E-state index in [9.17, 15) is 27.2 Å². The molecular weight excluding hydrogens is 496 g/mol. The van der Waals surface area contributed by atoms with Gasteiger partial charge in [-0.25, -0.2) is 14.7 Å². The minimum atomic E-state index is -4.78. The van der Waals surface area contributed by atoms with Crippen molar-refractivity contribution in [2.75, 3.05) is 16.4 Å². The lowest BCUT2D eigenvalue weighted by atomic mass is 9.89. The van der Waals surface area contributed by atoms with Crippen LogP contribution in [0.4, 0.5) is 33.7 Å². The molecule has 8 nitrogen and oxygen atoms in total. The zero-order valence-corrected chi connectivity index (χ0v) is 19.8. The first-order valence-electron chi connectivity index (χ1n) is 11.7. The minimum absolute atomic E-state index is 0.00217. The summed E-state index contributed by atoms with van der Waals surface area (Å²) in [5.74, 6) is -1.81. The van der Waals surface area contributed by atoms with Gasteiger partial charge in [0, 0.05) is 11.4 Å². The number of rotatable bonds is 6. The maximum atomic E-state index is 14.9. The highest BCUT2D eigenvalue weighted by Crippen LogP contribution is 2.42. The largest absolute Gasteiger partial charge is 0.417 e. The lowest BCUT2D eigenvalue weighted by Crippen LogP contribution is -2.40. The van der Waals surface area contributed by atoms with Gasteiger partial charge in [0.15, 0.2) is 0 Å². The standard InChI is InChI=1S/C25H24F4N4O4/c1-14(13-34)37-31-23(35)18-9-8-17(11-20(18)26)33-22-5-3-2-4-21(22)32(24(33)36)16-7-6-15(12-30)19(10-16)25(27,28)29/h6-11,14,21-22,34H,2-5,13H2,1H3,(H,31,35)/t14?,21-,22-/m0/s1. The third kappa shape index (κ3) is 5.10. The predicted octanol–water partition coefficient (Wildman–Crippen LogP) is 4.52. The van der Waals surface area contributed by atoms with Crippen LogP contribution >= 0.6 is 0 Å². The van der Waals surface area contributed by atoms with Gasteiger partial charge >= 0.3 is 12.2 Å². The minimum Gasteiger partial charge on any atom is -0.394 e. The molecule has 2 fully saturated rings. The van der Waals surface area contributed by atoms with Crippen molar-refractivity contribution in [2.24, 2.45) is 0 Å². The number of hydrogen-bond donors (Lipinski definition) is 2. The summed E-state index contributed by atoms with van der Waals surface area (Å²) >= 11 is 0. The maximum Gasteiger partial charge on any atom is 0.417 e. The van der Waals surface area contributed by atoms with Crippen molar-refractivity contribution in [3.8, 4) is 6.07 Å². The van der Waals surface area contributed by atoms with Gasteiger partial charge in [-0.15, -0.1) is 0 Å². The Hall–Kier alpha value is -3.69. The number of amides is 3. The first kappa shape index (κ1) is 26.4. The molecule has 0 bridgehead atoms. The average molecular weight is 520 g/mol. The summed E-state index contributed by atoms with van der Waals surface area (Å²) in [6.07, 6.45) is -2.84. The molecule has 2 N–H and O–H groups in total. The first-order chi connectivity index (χ1) is 17.6. The quantitative estimate of drug-likeness (QED) is 0.431. The molecule has 0 spiro atoms. The summed E-state index contributed by atoms with van der Waals surface area (Å²) in [6, 6.07) is 6.79. The molecule has 196 valence electrons. The fraction of sp³-hybridized carbons (Fsp3) is 0.400. The molecule has 37 heavy (non-hydrogen) atoms. The van der Waals surface area contributed by atoms with Crippen LogP contribution < -0.4 is 15.3 Å². The number of nitrogens with zero attached hydrogens (tertiary/aromatic N) is 3. The molecule has 1 saturated heterocycles. The van der Waals surface area contributed by atoms with E-state index in [1.807, 2.05) is 5.48 Å². The normalized spacial score (nSPS) is 20.4. The van der Waals surface area contributed by atoms with Gasteiger partial charge in [-0.1, -0.05) is 12.8 Å². The van der Waals surface area contributed by atoms with Crippen LogP contribution in [-0.2, 0) is 11.0 Å². The number of halogens is 4. The molecule has 2 aromatic rings. The summed E-state index contributed by atoms with van der Waals surface area (Å²) < 4.78 is 55.7. The molecule has 3 atom stereocenters. The van der Waals surface area contributed by atoms with Crippen LogP contribution in [0.25, 0.3) is 0 Å². The molecule has 0 radical (unpaired) electrons. The van der Waals surface area contributed by atoms with Crippen molar-refractivity contribution in [3.05, 3.63) is 58.9 Å². The average Bonchev–Trinajstić information content (AvgIpc) is 3.17. The number of carbonyl (C=O) groups is 2. The Bertz CT molecular complexity index is 1250. The summed E-state index contributed by atoms with van der Waals surface area (Å²) in [6.45, 7) is 1.14. The van der Waals surface area contributed by atoms with Crippen LogP contribution in [0.1, 0.15) is 54.1 Å². The Labute approximate surface area is 210 Å². The number of nitriles is 1. The highest BCUT2D eigenvalue weighted by molar-refractivity contribution is 6.08. The summed E-state index contributed by atoms with van der Waals surface area (Å²) in [5.41, 5.74) is 0.179. The second-order valence-corrected chi connectivity index (χ2v) is 8.99. The molecule has 1 unspecified atom stereocenters. The molecule has 1 aliphatic carbocycles. The molecule has 1 heterocycles. The number of nitrogens with one attached hydrogen (secondary N) is 1.